The van der Waals surface area contributed by atoms with E-state index in [2.05, 4.69) is 24.0 Å². The maximum absolute atomic E-state index is 12.5. The van der Waals surface area contributed by atoms with Crippen LogP contribution in [0.4, 0.5) is 4.79 Å². The maximum Gasteiger partial charge on any atom is 0.410 e. The Hall–Kier alpha value is -3.72. The van der Waals surface area contributed by atoms with Crippen LogP contribution >= 0.6 is 11.6 Å². The van der Waals surface area contributed by atoms with Gasteiger partial charge in [-0.3, -0.25) is 4.90 Å². The number of amides is 1. The molecule has 2 aliphatic rings. The van der Waals surface area contributed by atoms with Gasteiger partial charge in [0.15, 0.2) is 11.5 Å². The molecular weight excluding hydrogens is 592 g/mol. The van der Waals surface area contributed by atoms with Gasteiger partial charge in [-0.25, -0.2) is 4.79 Å². The van der Waals surface area contributed by atoms with Gasteiger partial charge in [0.05, 0.1) is 18.0 Å². The number of aliphatic hydroxyl groups is 1. The highest BCUT2D eigenvalue weighted by atomic mass is 35.5. The summed E-state index contributed by atoms with van der Waals surface area (Å²) in [5.74, 6) is 2.12. The van der Waals surface area contributed by atoms with E-state index in [0.717, 1.165) is 45.7 Å². The van der Waals surface area contributed by atoms with Crippen molar-refractivity contribution in [2.24, 2.45) is 0 Å². The Kier molecular flexibility index (Phi) is 10.3. The summed E-state index contributed by atoms with van der Waals surface area (Å²) in [6.07, 6.45) is 4.67. The number of rotatable bonds is 10. The van der Waals surface area contributed by atoms with Crippen molar-refractivity contribution >= 4 is 23.8 Å². The largest absolute Gasteiger partial charge is 0.489 e. The molecule has 0 aromatic heterocycles. The van der Waals surface area contributed by atoms with Crippen LogP contribution in [0.3, 0.4) is 0 Å². The van der Waals surface area contributed by atoms with E-state index < -0.39 is 5.60 Å². The summed E-state index contributed by atoms with van der Waals surface area (Å²) in [5, 5.41) is 10.1. The summed E-state index contributed by atoms with van der Waals surface area (Å²) in [7, 11) is 1.76. The lowest BCUT2D eigenvalue weighted by Gasteiger charge is -2.39. The number of nitrogens with zero attached hydrogens (tertiary/aromatic N) is 2. The van der Waals surface area contributed by atoms with Crippen LogP contribution in [0.15, 0.2) is 60.7 Å². The highest BCUT2D eigenvalue weighted by Crippen LogP contribution is 2.43. The van der Waals surface area contributed by atoms with E-state index in [1.165, 1.54) is 0 Å². The molecule has 0 saturated heterocycles. The third-order valence-electron chi connectivity index (χ3n) is 7.98. The highest BCUT2D eigenvalue weighted by molar-refractivity contribution is 6.21. The predicted octanol–water partition coefficient (Wildman–Crippen LogP) is 7.40. The monoisotopic (exact) mass is 634 g/mol. The van der Waals surface area contributed by atoms with Crippen molar-refractivity contribution in [3.8, 4) is 17.2 Å². The average Bonchev–Trinajstić information content (AvgIpc) is 3.46. The molecular formula is C36H43ClN2O6. The van der Waals surface area contributed by atoms with Crippen LogP contribution in [0.2, 0.25) is 0 Å². The summed E-state index contributed by atoms with van der Waals surface area (Å²) in [5.41, 5.74) is 5.31. The lowest BCUT2D eigenvalue weighted by Crippen LogP contribution is -2.39. The first kappa shape index (κ1) is 32.7. The van der Waals surface area contributed by atoms with E-state index in [0.29, 0.717) is 37.6 Å². The van der Waals surface area contributed by atoms with Crippen LogP contribution in [0.5, 0.6) is 17.2 Å². The molecule has 8 nitrogen and oxygen atoms in total. The van der Waals surface area contributed by atoms with Gasteiger partial charge in [0, 0.05) is 32.2 Å². The molecule has 45 heavy (non-hydrogen) atoms. The molecule has 2 heterocycles. The smallest absolute Gasteiger partial charge is 0.410 e. The van der Waals surface area contributed by atoms with Crippen LogP contribution < -0.4 is 14.2 Å². The van der Waals surface area contributed by atoms with Crippen molar-refractivity contribution in [1.29, 1.82) is 0 Å². The minimum atomic E-state index is -0.551. The Morgan fingerprint density at radius 2 is 1.84 bits per heavy atom. The minimum absolute atomic E-state index is 0.125. The number of alkyl halides is 1. The first-order chi connectivity index (χ1) is 21.5. The Bertz CT molecular complexity index is 1520. The third kappa shape index (κ3) is 8.12. The number of hydrogen-bond acceptors (Lipinski definition) is 7. The van der Waals surface area contributed by atoms with Gasteiger partial charge in [-0.1, -0.05) is 42.5 Å². The van der Waals surface area contributed by atoms with Crippen molar-refractivity contribution in [1.82, 2.24) is 9.80 Å². The summed E-state index contributed by atoms with van der Waals surface area (Å²) in [4.78, 5) is 16.5. The molecule has 5 rings (SSSR count). The van der Waals surface area contributed by atoms with Gasteiger partial charge >= 0.3 is 6.09 Å². The van der Waals surface area contributed by atoms with Crippen LogP contribution in [-0.2, 0) is 18.0 Å². The number of aliphatic hydroxyl groups excluding tert-OH is 1. The van der Waals surface area contributed by atoms with Gasteiger partial charge in [-0.2, -0.15) is 0 Å². The highest BCUT2D eigenvalue weighted by Gasteiger charge is 2.32. The molecule has 3 aromatic carbocycles. The first-order valence-corrected chi connectivity index (χ1v) is 15.8. The number of carbonyl (C=O) groups is 1. The predicted molar refractivity (Wildman–Crippen MR) is 176 cm³/mol. The van der Waals surface area contributed by atoms with Gasteiger partial charge in [0.1, 0.15) is 18.0 Å². The molecule has 1 amide bonds. The Labute approximate surface area is 271 Å². The number of hydrogen-bond donors (Lipinski definition) is 1. The normalized spacial score (nSPS) is 17.8. The van der Waals surface area contributed by atoms with E-state index in [9.17, 15) is 9.90 Å². The lowest BCUT2D eigenvalue weighted by atomic mass is 9.89. The van der Waals surface area contributed by atoms with Crippen molar-refractivity contribution < 1.29 is 28.8 Å². The second-order valence-corrected chi connectivity index (χ2v) is 13.1. The van der Waals surface area contributed by atoms with Crippen LogP contribution in [0.1, 0.15) is 72.0 Å². The number of halogens is 1. The van der Waals surface area contributed by atoms with Gasteiger partial charge in [-0.15, -0.1) is 11.6 Å². The average molecular weight is 635 g/mol. The molecule has 9 heteroatoms. The molecule has 0 saturated carbocycles. The number of carbonyl (C=O) groups excluding carboxylic acids is 1. The summed E-state index contributed by atoms with van der Waals surface area (Å²) in [6.45, 7) is 9.94. The van der Waals surface area contributed by atoms with E-state index in [1.54, 1.807) is 11.9 Å². The molecule has 0 radical (unpaired) electrons. The first-order valence-electron chi connectivity index (χ1n) is 15.4. The van der Waals surface area contributed by atoms with Crippen LogP contribution in [0.25, 0.3) is 6.08 Å². The maximum atomic E-state index is 12.5. The van der Waals surface area contributed by atoms with Crippen molar-refractivity contribution in [2.45, 2.75) is 64.3 Å². The molecule has 1 N–H and O–H groups in total. The molecule has 0 aliphatic carbocycles. The Morgan fingerprint density at radius 1 is 1.11 bits per heavy atom. The lowest BCUT2D eigenvalue weighted by molar-refractivity contribution is 0.0291. The van der Waals surface area contributed by atoms with Gasteiger partial charge < -0.3 is 29.0 Å². The summed E-state index contributed by atoms with van der Waals surface area (Å²) >= 11 is 7.06. The van der Waals surface area contributed by atoms with E-state index in [4.69, 9.17) is 30.5 Å². The molecule has 0 bridgehead atoms. The summed E-state index contributed by atoms with van der Waals surface area (Å²) in [6, 6.07) is 17.8. The molecule has 3 aromatic rings. The van der Waals surface area contributed by atoms with Crippen molar-refractivity contribution in [2.75, 3.05) is 33.5 Å². The number of fused-ring (bicyclic) bond motifs is 2. The molecule has 240 valence electrons. The number of aryl methyl sites for hydroxylation is 1. The molecule has 0 spiro atoms. The zero-order valence-corrected chi connectivity index (χ0v) is 27.5. The van der Waals surface area contributed by atoms with Gasteiger partial charge in [-0.05, 0) is 86.2 Å². The standard InChI is InChI=1S/C36H43ClN2O6/c1-24-16-33-34(44-23-43-33)18-26(24)12-13-31-29-17-27(21-40)32(42-22-25-10-7-6-8-11-25)19-28(29)30(37)20-39(31)15-9-14-38(5)35(41)45-36(2,3)4/h6-8,10-13,16-19,30-31,40H,9,14-15,20-23H2,1-5H3/b13-12+. The Balaban J connectivity index is 1.42. The molecule has 2 aliphatic heterocycles. The minimum Gasteiger partial charge on any atom is -0.489 e. The van der Waals surface area contributed by atoms with E-state index in [1.807, 2.05) is 75.4 Å². The third-order valence-corrected chi connectivity index (χ3v) is 8.35. The summed E-state index contributed by atoms with van der Waals surface area (Å²) < 4.78 is 22.9. The second kappa shape index (κ2) is 14.1. The Morgan fingerprint density at radius 3 is 2.56 bits per heavy atom. The fourth-order valence-corrected chi connectivity index (χ4v) is 5.99. The van der Waals surface area contributed by atoms with Crippen LogP contribution in [-0.4, -0.2) is 60.1 Å². The van der Waals surface area contributed by atoms with E-state index >= 15 is 0 Å². The van der Waals surface area contributed by atoms with E-state index in [-0.39, 0.29) is 30.9 Å². The van der Waals surface area contributed by atoms with Gasteiger partial charge in [0.25, 0.3) is 0 Å². The molecule has 2 unspecified atom stereocenters. The fourth-order valence-electron chi connectivity index (χ4n) is 5.63. The second-order valence-electron chi connectivity index (χ2n) is 12.6. The van der Waals surface area contributed by atoms with Crippen molar-refractivity contribution in [3.05, 3.63) is 94.1 Å². The van der Waals surface area contributed by atoms with Crippen molar-refractivity contribution in [3.63, 3.8) is 0 Å². The fraction of sp³-hybridized carbons (Fsp3) is 0.417. The quantitative estimate of drug-likeness (QED) is 0.233. The van der Waals surface area contributed by atoms with Crippen LogP contribution in [0, 0.1) is 6.92 Å². The zero-order valence-electron chi connectivity index (χ0n) is 26.7. The molecule has 0 fully saturated rings. The zero-order chi connectivity index (χ0) is 32.1. The number of benzene rings is 3. The molecule has 2 atom stereocenters. The van der Waals surface area contributed by atoms with Gasteiger partial charge in [0.2, 0.25) is 6.79 Å². The SMILES string of the molecule is Cc1cc2c(cc1/C=C/C1c3cc(CO)c(OCc4ccccc4)cc3C(Cl)CN1CCCN(C)C(=O)OC(C)(C)C)OCO2. The number of ether oxygens (including phenoxy) is 4. The topological polar surface area (TPSA) is 80.7 Å².